The number of hydrogen-bond acceptors (Lipinski definition) is 1. The molecule has 3 nitrogen and oxygen atoms in total. The largest absolute Gasteiger partial charge is 0.294 e. The third-order valence-corrected chi connectivity index (χ3v) is 3.10. The van der Waals surface area contributed by atoms with Gasteiger partial charge in [0.05, 0.1) is 6.54 Å². The van der Waals surface area contributed by atoms with Crippen LogP contribution in [-0.2, 0) is 6.54 Å². The molecule has 1 heterocycles. The molecule has 1 N–H and O–H groups in total. The van der Waals surface area contributed by atoms with Crippen LogP contribution in [0, 0.1) is 0 Å². The Bertz CT molecular complexity index is 577. The Morgan fingerprint density at radius 1 is 1.35 bits per heavy atom. The lowest BCUT2D eigenvalue weighted by atomic mass is 10.2. The van der Waals surface area contributed by atoms with E-state index in [0.717, 1.165) is 20.8 Å². The molecule has 0 saturated carbocycles. The first-order valence-corrected chi connectivity index (χ1v) is 5.68. The van der Waals surface area contributed by atoms with E-state index in [1.165, 1.54) is 0 Å². The fraction of sp³-hybridized carbons (Fsp3) is 0.182. The van der Waals surface area contributed by atoms with Gasteiger partial charge in [-0.3, -0.25) is 9.89 Å². The number of nitrogens with one attached hydrogen (secondary N) is 1. The maximum Gasteiger partial charge on any atom is 0.279 e. The standard InChI is InChI=1S/C11H9BrF2N2O/c12-8-4-2-1-3-7(8)6-16-10(17)5-9(15-16)11(13)14/h1-5,11,15H,6H2. The van der Waals surface area contributed by atoms with Gasteiger partial charge >= 0.3 is 0 Å². The Hall–Kier alpha value is -1.43. The molecule has 0 radical (unpaired) electrons. The molecule has 0 amide bonds. The van der Waals surface area contributed by atoms with Crippen molar-refractivity contribution in [3.8, 4) is 0 Å². The van der Waals surface area contributed by atoms with Gasteiger partial charge in [0.15, 0.2) is 0 Å². The molecule has 0 saturated heterocycles. The monoisotopic (exact) mass is 302 g/mol. The summed E-state index contributed by atoms with van der Waals surface area (Å²) in [5.41, 5.74) is 0.0235. The number of benzene rings is 1. The number of halogens is 3. The van der Waals surface area contributed by atoms with Crippen LogP contribution in [0.25, 0.3) is 0 Å². The summed E-state index contributed by atoms with van der Waals surface area (Å²) >= 11 is 3.34. The number of hydrogen-bond donors (Lipinski definition) is 1. The van der Waals surface area contributed by atoms with Gasteiger partial charge in [-0.2, -0.15) is 0 Å². The van der Waals surface area contributed by atoms with Crippen molar-refractivity contribution < 1.29 is 8.78 Å². The van der Waals surface area contributed by atoms with E-state index in [1.54, 1.807) is 0 Å². The Morgan fingerprint density at radius 3 is 2.65 bits per heavy atom. The van der Waals surface area contributed by atoms with Gasteiger partial charge in [0.25, 0.3) is 12.0 Å². The normalized spacial score (nSPS) is 11.1. The lowest BCUT2D eigenvalue weighted by Crippen LogP contribution is -2.16. The summed E-state index contributed by atoms with van der Waals surface area (Å²) in [5, 5.41) is 2.39. The molecular weight excluding hydrogens is 294 g/mol. The molecule has 0 spiro atoms. The zero-order valence-electron chi connectivity index (χ0n) is 8.66. The second-order valence-corrected chi connectivity index (χ2v) is 4.38. The fourth-order valence-electron chi connectivity index (χ4n) is 1.48. The lowest BCUT2D eigenvalue weighted by molar-refractivity contribution is 0.145. The minimum atomic E-state index is -2.66. The van der Waals surface area contributed by atoms with Crippen LogP contribution in [-0.4, -0.2) is 9.78 Å². The van der Waals surface area contributed by atoms with E-state index in [1.807, 2.05) is 24.3 Å². The highest BCUT2D eigenvalue weighted by molar-refractivity contribution is 9.10. The molecule has 17 heavy (non-hydrogen) atoms. The molecule has 0 aliphatic heterocycles. The second kappa shape index (κ2) is 4.83. The molecule has 2 rings (SSSR count). The van der Waals surface area contributed by atoms with E-state index in [4.69, 9.17) is 0 Å². The number of aromatic amines is 1. The number of H-pyrrole nitrogens is 1. The molecular formula is C11H9BrF2N2O. The molecule has 0 bridgehead atoms. The van der Waals surface area contributed by atoms with E-state index in [-0.39, 0.29) is 12.2 Å². The first kappa shape index (κ1) is 12.0. The van der Waals surface area contributed by atoms with Crippen LogP contribution in [0.1, 0.15) is 17.7 Å². The van der Waals surface area contributed by atoms with Gasteiger partial charge in [-0.25, -0.2) is 13.5 Å². The predicted octanol–water partition coefficient (Wildman–Crippen LogP) is 2.92. The van der Waals surface area contributed by atoms with Crippen LogP contribution >= 0.6 is 15.9 Å². The van der Waals surface area contributed by atoms with E-state index in [2.05, 4.69) is 21.0 Å². The molecule has 2 aromatic rings. The fourth-order valence-corrected chi connectivity index (χ4v) is 1.89. The zero-order valence-corrected chi connectivity index (χ0v) is 10.2. The molecule has 0 aliphatic carbocycles. The van der Waals surface area contributed by atoms with Gasteiger partial charge < -0.3 is 0 Å². The van der Waals surface area contributed by atoms with Crippen molar-refractivity contribution in [2.24, 2.45) is 0 Å². The minimum absolute atomic E-state index is 0.229. The SMILES string of the molecule is O=c1cc(C(F)F)[nH]n1Cc1ccccc1Br. The Balaban J connectivity index is 2.31. The van der Waals surface area contributed by atoms with Crippen molar-refractivity contribution in [2.45, 2.75) is 13.0 Å². The summed E-state index contributed by atoms with van der Waals surface area (Å²) in [6.07, 6.45) is -2.66. The zero-order chi connectivity index (χ0) is 12.4. The van der Waals surface area contributed by atoms with Crippen molar-refractivity contribution in [2.75, 3.05) is 0 Å². The van der Waals surface area contributed by atoms with Crippen LogP contribution in [0.15, 0.2) is 39.6 Å². The first-order chi connectivity index (χ1) is 8.08. The van der Waals surface area contributed by atoms with Crippen molar-refractivity contribution in [3.63, 3.8) is 0 Å². The Morgan fingerprint density at radius 2 is 2.06 bits per heavy atom. The van der Waals surface area contributed by atoms with Crippen molar-refractivity contribution in [1.82, 2.24) is 9.78 Å². The van der Waals surface area contributed by atoms with Crippen LogP contribution in [0.2, 0.25) is 0 Å². The molecule has 1 aromatic heterocycles. The number of nitrogens with zero attached hydrogens (tertiary/aromatic N) is 1. The Kier molecular flexibility index (Phi) is 3.42. The average Bonchev–Trinajstić information content (AvgIpc) is 2.64. The van der Waals surface area contributed by atoms with Crippen LogP contribution in [0.3, 0.4) is 0 Å². The number of aromatic nitrogens is 2. The van der Waals surface area contributed by atoms with Crippen molar-refractivity contribution in [3.05, 3.63) is 56.4 Å². The number of alkyl halides is 2. The van der Waals surface area contributed by atoms with Gasteiger partial charge in [0, 0.05) is 10.5 Å². The minimum Gasteiger partial charge on any atom is -0.294 e. The summed E-state index contributed by atoms with van der Waals surface area (Å²) in [6.45, 7) is 0.229. The molecule has 0 atom stereocenters. The number of rotatable bonds is 3. The average molecular weight is 303 g/mol. The molecule has 0 aliphatic rings. The maximum absolute atomic E-state index is 12.4. The third kappa shape index (κ3) is 2.63. The summed E-state index contributed by atoms with van der Waals surface area (Å²) < 4.78 is 26.8. The quantitative estimate of drug-likeness (QED) is 0.930. The summed E-state index contributed by atoms with van der Waals surface area (Å²) in [4.78, 5) is 11.4. The molecule has 6 heteroatoms. The molecule has 0 fully saturated rings. The highest BCUT2D eigenvalue weighted by atomic mass is 79.9. The van der Waals surface area contributed by atoms with E-state index in [0.29, 0.717) is 0 Å². The van der Waals surface area contributed by atoms with Gasteiger partial charge in [-0.15, -0.1) is 0 Å². The lowest BCUT2D eigenvalue weighted by Gasteiger charge is -2.04. The van der Waals surface area contributed by atoms with E-state index in [9.17, 15) is 13.6 Å². The summed E-state index contributed by atoms with van der Waals surface area (Å²) in [5.74, 6) is 0. The van der Waals surface area contributed by atoms with Crippen molar-refractivity contribution in [1.29, 1.82) is 0 Å². The highest BCUT2D eigenvalue weighted by Gasteiger charge is 2.12. The third-order valence-electron chi connectivity index (χ3n) is 2.33. The maximum atomic E-state index is 12.4. The molecule has 1 aromatic carbocycles. The van der Waals surface area contributed by atoms with Gasteiger partial charge in [0.2, 0.25) is 0 Å². The van der Waals surface area contributed by atoms with E-state index < -0.39 is 12.0 Å². The molecule has 90 valence electrons. The Labute approximate surface area is 104 Å². The van der Waals surface area contributed by atoms with E-state index >= 15 is 0 Å². The first-order valence-electron chi connectivity index (χ1n) is 4.89. The van der Waals surface area contributed by atoms with Crippen LogP contribution in [0.4, 0.5) is 8.78 Å². The van der Waals surface area contributed by atoms with Gasteiger partial charge in [0.1, 0.15) is 5.69 Å². The van der Waals surface area contributed by atoms with Gasteiger partial charge in [-0.1, -0.05) is 34.1 Å². The summed E-state index contributed by atoms with van der Waals surface area (Å²) in [7, 11) is 0. The predicted molar refractivity (Wildman–Crippen MR) is 63.3 cm³/mol. The van der Waals surface area contributed by atoms with Gasteiger partial charge in [-0.05, 0) is 11.6 Å². The topological polar surface area (TPSA) is 37.8 Å². The smallest absolute Gasteiger partial charge is 0.279 e. The molecule has 0 unspecified atom stereocenters. The second-order valence-electron chi connectivity index (χ2n) is 3.53. The van der Waals surface area contributed by atoms with Crippen molar-refractivity contribution >= 4 is 15.9 Å². The highest BCUT2D eigenvalue weighted by Crippen LogP contribution is 2.17. The van der Waals surface area contributed by atoms with Crippen LogP contribution < -0.4 is 5.56 Å². The van der Waals surface area contributed by atoms with Crippen LogP contribution in [0.5, 0.6) is 0 Å². The summed E-state index contributed by atoms with van der Waals surface area (Å²) in [6, 6.07) is 8.23.